The first-order chi connectivity index (χ1) is 19.3. The third kappa shape index (κ3) is 4.00. The van der Waals surface area contributed by atoms with Crippen LogP contribution in [0.4, 0.5) is 0 Å². The minimum atomic E-state index is -0.276. The molecule has 0 aromatic carbocycles. The van der Waals surface area contributed by atoms with E-state index < -0.39 is 0 Å². The van der Waals surface area contributed by atoms with Crippen LogP contribution in [0.15, 0.2) is 36.5 Å². The molecule has 1 aromatic rings. The van der Waals surface area contributed by atoms with Crippen molar-refractivity contribution < 1.29 is 9.59 Å². The molecular weight excluding hydrogens is 504 g/mol. The van der Waals surface area contributed by atoms with Crippen LogP contribution in [0.3, 0.4) is 0 Å². The maximum atomic E-state index is 14.2. The van der Waals surface area contributed by atoms with Crippen LogP contribution >= 0.6 is 0 Å². The molecular formula is C37H54N2O2. The molecule has 5 aliphatic carbocycles. The summed E-state index contributed by atoms with van der Waals surface area (Å²) in [5, 5.41) is 3.41. The molecule has 41 heavy (non-hydrogen) atoms. The summed E-state index contributed by atoms with van der Waals surface area (Å²) in [4.78, 5) is 31.8. The summed E-state index contributed by atoms with van der Waals surface area (Å²) in [5.41, 5.74) is 2.49. The summed E-state index contributed by atoms with van der Waals surface area (Å²) in [6.07, 6.45) is 13.5. The normalized spacial score (nSPS) is 44.6. The molecule has 0 radical (unpaired) electrons. The van der Waals surface area contributed by atoms with Crippen molar-refractivity contribution in [2.45, 2.75) is 112 Å². The zero-order valence-electron chi connectivity index (χ0n) is 26.7. The molecule has 9 atom stereocenters. The van der Waals surface area contributed by atoms with Gasteiger partial charge in [-0.3, -0.25) is 14.6 Å². The molecule has 0 bridgehead atoms. The minimum Gasteiger partial charge on any atom is -0.355 e. The standard InChI is InChI=1S/C37H54N2O2/c1-24(2)26-13-19-37(32(41)39-23-16-25-10-8-9-22-38-25)21-20-35(6)27(31(26)37)11-12-29-34(5)17-15-30(40)33(3,4)28(34)14-18-36(29,35)7/h8-10,22,26-29,31H,1,11-21,23H2,2-7H3,(H,39,41)/t26-,27+,28-,29+,31+,34-,35+,36+,37-/m0/s1. The van der Waals surface area contributed by atoms with Crippen LogP contribution in [0.25, 0.3) is 0 Å². The van der Waals surface area contributed by atoms with Gasteiger partial charge in [-0.15, -0.1) is 0 Å². The maximum absolute atomic E-state index is 14.2. The number of fused-ring (bicyclic) bond motifs is 7. The van der Waals surface area contributed by atoms with Crippen molar-refractivity contribution in [1.29, 1.82) is 0 Å². The van der Waals surface area contributed by atoms with Crippen molar-refractivity contribution in [3.05, 3.63) is 42.2 Å². The molecule has 6 rings (SSSR count). The van der Waals surface area contributed by atoms with Gasteiger partial charge in [0.05, 0.1) is 5.41 Å². The van der Waals surface area contributed by atoms with Crippen molar-refractivity contribution >= 4 is 11.7 Å². The zero-order chi connectivity index (χ0) is 29.4. The molecule has 0 aliphatic heterocycles. The van der Waals surface area contributed by atoms with Crippen LogP contribution in [-0.2, 0) is 16.0 Å². The third-order valence-corrected chi connectivity index (χ3v) is 14.7. The van der Waals surface area contributed by atoms with Crippen LogP contribution in [0.5, 0.6) is 0 Å². The number of aromatic nitrogens is 1. The van der Waals surface area contributed by atoms with E-state index in [1.165, 1.54) is 24.8 Å². The molecule has 4 nitrogen and oxygen atoms in total. The molecule has 224 valence electrons. The maximum Gasteiger partial charge on any atom is 0.226 e. The average Bonchev–Trinajstić information content (AvgIpc) is 3.33. The van der Waals surface area contributed by atoms with E-state index in [1.54, 1.807) is 0 Å². The van der Waals surface area contributed by atoms with Gasteiger partial charge in [-0.1, -0.05) is 52.8 Å². The van der Waals surface area contributed by atoms with E-state index in [0.29, 0.717) is 47.8 Å². The second-order valence-electron chi connectivity index (χ2n) is 16.3. The third-order valence-electron chi connectivity index (χ3n) is 14.7. The molecule has 0 saturated heterocycles. The Balaban J connectivity index is 1.30. The number of pyridine rings is 1. The summed E-state index contributed by atoms with van der Waals surface area (Å²) in [6, 6.07) is 6.01. The number of hydrogen-bond acceptors (Lipinski definition) is 3. The number of nitrogens with zero attached hydrogens (tertiary/aromatic N) is 1. The number of allylic oxidation sites excluding steroid dienone is 1. The first kappa shape index (κ1) is 29.1. The van der Waals surface area contributed by atoms with E-state index in [2.05, 4.69) is 58.4 Å². The highest BCUT2D eigenvalue weighted by Gasteiger charge is 2.71. The predicted octanol–water partition coefficient (Wildman–Crippen LogP) is 7.97. The van der Waals surface area contributed by atoms with Gasteiger partial charge in [0.25, 0.3) is 0 Å². The van der Waals surface area contributed by atoms with E-state index in [4.69, 9.17) is 0 Å². The highest BCUT2D eigenvalue weighted by molar-refractivity contribution is 5.85. The first-order valence-corrected chi connectivity index (χ1v) is 16.7. The van der Waals surface area contributed by atoms with Crippen molar-refractivity contribution in [2.75, 3.05) is 6.54 Å². The Labute approximate surface area is 248 Å². The van der Waals surface area contributed by atoms with Gasteiger partial charge in [0.1, 0.15) is 5.78 Å². The van der Waals surface area contributed by atoms with Crippen LogP contribution in [0, 0.1) is 56.7 Å². The van der Waals surface area contributed by atoms with Crippen molar-refractivity contribution in [3.8, 4) is 0 Å². The first-order valence-electron chi connectivity index (χ1n) is 16.7. The van der Waals surface area contributed by atoms with Crippen LogP contribution in [0.2, 0.25) is 0 Å². The Kier molecular flexibility index (Phi) is 6.94. The number of rotatable bonds is 5. The lowest BCUT2D eigenvalue weighted by molar-refractivity contribution is -0.233. The Morgan fingerprint density at radius 2 is 1.73 bits per heavy atom. The molecule has 0 spiro atoms. The van der Waals surface area contributed by atoms with Gasteiger partial charge in [-0.25, -0.2) is 0 Å². The van der Waals surface area contributed by atoms with E-state index in [-0.39, 0.29) is 27.1 Å². The number of ketones is 1. The fraction of sp³-hybridized carbons (Fsp3) is 0.757. The summed E-state index contributed by atoms with van der Waals surface area (Å²) >= 11 is 0. The van der Waals surface area contributed by atoms with E-state index in [0.717, 1.165) is 57.1 Å². The van der Waals surface area contributed by atoms with E-state index >= 15 is 0 Å². The van der Waals surface area contributed by atoms with Gasteiger partial charge in [-0.05, 0) is 123 Å². The lowest BCUT2D eigenvalue weighted by Gasteiger charge is -2.72. The zero-order valence-corrected chi connectivity index (χ0v) is 26.7. The smallest absolute Gasteiger partial charge is 0.226 e. The van der Waals surface area contributed by atoms with Crippen LogP contribution < -0.4 is 5.32 Å². The van der Waals surface area contributed by atoms with Gasteiger partial charge in [0.2, 0.25) is 5.91 Å². The highest BCUT2D eigenvalue weighted by Crippen LogP contribution is 2.77. The fourth-order valence-corrected chi connectivity index (χ4v) is 12.4. The number of Topliss-reactive ketones (excluding diaryl/α,β-unsaturated/α-hetero) is 1. The van der Waals surface area contributed by atoms with E-state index in [1.807, 2.05) is 24.4 Å². The summed E-state index contributed by atoms with van der Waals surface area (Å²) in [5.74, 6) is 3.25. The van der Waals surface area contributed by atoms with Crippen LogP contribution in [-0.4, -0.2) is 23.2 Å². The molecule has 5 aliphatic rings. The molecule has 1 N–H and O–H groups in total. The molecule has 5 fully saturated rings. The van der Waals surface area contributed by atoms with Crippen molar-refractivity contribution in [1.82, 2.24) is 10.3 Å². The average molecular weight is 559 g/mol. The van der Waals surface area contributed by atoms with E-state index in [9.17, 15) is 9.59 Å². The fourth-order valence-electron chi connectivity index (χ4n) is 12.4. The van der Waals surface area contributed by atoms with Gasteiger partial charge in [-0.2, -0.15) is 0 Å². The lowest BCUT2D eigenvalue weighted by atomic mass is 9.32. The Morgan fingerprint density at radius 3 is 2.44 bits per heavy atom. The molecule has 0 unspecified atom stereocenters. The summed E-state index contributed by atoms with van der Waals surface area (Å²) < 4.78 is 0. The monoisotopic (exact) mass is 558 g/mol. The topological polar surface area (TPSA) is 59.1 Å². The van der Waals surface area contributed by atoms with Gasteiger partial charge in [0, 0.05) is 36.7 Å². The molecule has 1 heterocycles. The van der Waals surface area contributed by atoms with Crippen molar-refractivity contribution in [2.24, 2.45) is 56.7 Å². The predicted molar refractivity (Wildman–Crippen MR) is 165 cm³/mol. The number of amides is 1. The minimum absolute atomic E-state index is 0.204. The highest BCUT2D eigenvalue weighted by atomic mass is 16.2. The SMILES string of the molecule is C=C(C)[C@@H]1CC[C@]2(C(=O)NCCc3ccccn3)CC[C@]3(C)[C@H](CC[C@@H]4[C@@]5(C)CCC(=O)C(C)(C)[C@@H]5CC[C@]43C)[C@@H]12. The Bertz CT molecular complexity index is 1220. The second-order valence-corrected chi connectivity index (χ2v) is 16.3. The number of carbonyl (C=O) groups is 2. The quantitative estimate of drug-likeness (QED) is 0.373. The Hall–Kier alpha value is -1.97. The molecule has 5 saturated carbocycles. The number of carbonyl (C=O) groups excluding carboxylic acids is 2. The lowest BCUT2D eigenvalue weighted by Crippen LogP contribution is -2.67. The molecule has 4 heteroatoms. The number of nitrogens with one attached hydrogen (secondary N) is 1. The number of hydrogen-bond donors (Lipinski definition) is 1. The van der Waals surface area contributed by atoms with Gasteiger partial charge >= 0.3 is 0 Å². The van der Waals surface area contributed by atoms with Gasteiger partial charge in [0.15, 0.2) is 0 Å². The Morgan fingerprint density at radius 1 is 0.951 bits per heavy atom. The second kappa shape index (κ2) is 9.78. The summed E-state index contributed by atoms with van der Waals surface area (Å²) in [7, 11) is 0. The van der Waals surface area contributed by atoms with Gasteiger partial charge < -0.3 is 5.32 Å². The largest absolute Gasteiger partial charge is 0.355 e. The molecule has 1 amide bonds. The van der Waals surface area contributed by atoms with Crippen molar-refractivity contribution in [3.63, 3.8) is 0 Å². The molecule has 1 aromatic heterocycles. The summed E-state index contributed by atoms with van der Waals surface area (Å²) in [6.45, 7) is 19.7. The van der Waals surface area contributed by atoms with Crippen LogP contribution in [0.1, 0.15) is 111 Å².